The van der Waals surface area contributed by atoms with Gasteiger partial charge in [-0.15, -0.1) is 0 Å². The third-order valence-corrected chi connectivity index (χ3v) is 4.32. The SMILES string of the molecule is COc1ccc2cc(NCc3ccc(P(O)O)cc3)cnc2c1. The molecule has 1 aromatic heterocycles. The topological polar surface area (TPSA) is 74.6 Å². The lowest BCUT2D eigenvalue weighted by atomic mass is 10.2. The van der Waals surface area contributed by atoms with Crippen molar-refractivity contribution in [3.05, 3.63) is 60.3 Å². The van der Waals surface area contributed by atoms with E-state index in [9.17, 15) is 0 Å². The molecule has 0 aliphatic rings. The maximum atomic E-state index is 9.15. The van der Waals surface area contributed by atoms with E-state index >= 15 is 0 Å². The van der Waals surface area contributed by atoms with Crippen LogP contribution in [0.5, 0.6) is 5.75 Å². The second kappa shape index (κ2) is 6.92. The van der Waals surface area contributed by atoms with Crippen LogP contribution in [-0.2, 0) is 6.54 Å². The minimum Gasteiger partial charge on any atom is -0.497 e. The molecule has 3 rings (SSSR count). The second-order valence-electron chi connectivity index (χ2n) is 5.09. The number of fused-ring (bicyclic) bond motifs is 1. The van der Waals surface area contributed by atoms with E-state index in [1.165, 1.54) is 0 Å². The number of nitrogens with one attached hydrogen (secondary N) is 1. The number of hydrogen-bond acceptors (Lipinski definition) is 5. The molecule has 0 aliphatic heterocycles. The fourth-order valence-corrected chi connectivity index (χ4v) is 2.69. The minimum atomic E-state index is -2.03. The molecule has 0 spiro atoms. The van der Waals surface area contributed by atoms with Crippen LogP contribution in [0.2, 0.25) is 0 Å². The Labute approximate surface area is 135 Å². The fraction of sp³-hybridized carbons (Fsp3) is 0.118. The lowest BCUT2D eigenvalue weighted by molar-refractivity contribution is 0.415. The fourth-order valence-electron chi connectivity index (χ4n) is 2.28. The molecule has 2 aromatic carbocycles. The summed E-state index contributed by atoms with van der Waals surface area (Å²) in [7, 11) is -0.388. The van der Waals surface area contributed by atoms with Crippen molar-refractivity contribution in [1.29, 1.82) is 0 Å². The van der Waals surface area contributed by atoms with Gasteiger partial charge in [0.25, 0.3) is 0 Å². The molecule has 1 heterocycles. The lowest BCUT2D eigenvalue weighted by Crippen LogP contribution is -2.03. The first kappa shape index (κ1) is 15.7. The Hall–Kier alpha value is -2.20. The Morgan fingerprint density at radius 3 is 2.57 bits per heavy atom. The van der Waals surface area contributed by atoms with Gasteiger partial charge in [0, 0.05) is 23.3 Å². The van der Waals surface area contributed by atoms with Crippen LogP contribution in [0, 0.1) is 0 Å². The minimum absolute atomic E-state index is 0.546. The van der Waals surface area contributed by atoms with Gasteiger partial charge in [-0.3, -0.25) is 4.98 Å². The van der Waals surface area contributed by atoms with Crippen molar-refractivity contribution in [3.8, 4) is 5.75 Å². The number of anilines is 1. The number of pyridine rings is 1. The van der Waals surface area contributed by atoms with E-state index < -0.39 is 8.38 Å². The van der Waals surface area contributed by atoms with E-state index in [1.807, 2.05) is 36.4 Å². The highest BCUT2D eigenvalue weighted by Gasteiger charge is 2.04. The standard InChI is InChI=1S/C17H17N2O3P/c1-22-15-5-4-13-8-14(11-19-17(13)9-15)18-10-12-2-6-16(7-3-12)23(20)21/h2-9,11,18,20-21H,10H2,1H3. The van der Waals surface area contributed by atoms with Gasteiger partial charge in [0.2, 0.25) is 0 Å². The highest BCUT2D eigenvalue weighted by molar-refractivity contribution is 7.54. The number of hydrogen-bond donors (Lipinski definition) is 3. The van der Waals surface area contributed by atoms with Crippen LogP contribution in [0.1, 0.15) is 5.56 Å². The molecule has 0 unspecified atom stereocenters. The summed E-state index contributed by atoms with van der Waals surface area (Å²) in [5, 5.41) is 4.90. The first-order valence-corrected chi connectivity index (χ1v) is 8.35. The zero-order valence-corrected chi connectivity index (χ0v) is 13.5. The van der Waals surface area contributed by atoms with Crippen molar-refractivity contribution >= 4 is 30.3 Å². The smallest absolute Gasteiger partial charge is 0.199 e. The van der Waals surface area contributed by atoms with Crippen LogP contribution in [0.25, 0.3) is 10.9 Å². The van der Waals surface area contributed by atoms with Gasteiger partial charge in [-0.25, -0.2) is 0 Å². The third-order valence-electron chi connectivity index (χ3n) is 3.56. The summed E-state index contributed by atoms with van der Waals surface area (Å²) in [5.74, 6) is 0.790. The van der Waals surface area contributed by atoms with Gasteiger partial charge in [0.1, 0.15) is 5.75 Å². The first-order valence-electron chi connectivity index (χ1n) is 7.10. The van der Waals surface area contributed by atoms with Crippen LogP contribution >= 0.6 is 8.38 Å². The molecule has 0 saturated heterocycles. The van der Waals surface area contributed by atoms with Crippen LogP contribution < -0.4 is 15.4 Å². The predicted octanol–water partition coefficient (Wildman–Crippen LogP) is 2.78. The van der Waals surface area contributed by atoms with Crippen molar-refractivity contribution in [2.45, 2.75) is 6.54 Å². The number of rotatable bonds is 5. The van der Waals surface area contributed by atoms with Crippen LogP contribution in [0.15, 0.2) is 54.7 Å². The zero-order valence-electron chi connectivity index (χ0n) is 12.6. The van der Waals surface area contributed by atoms with Gasteiger partial charge in [0.05, 0.1) is 24.5 Å². The molecule has 23 heavy (non-hydrogen) atoms. The van der Waals surface area contributed by atoms with Gasteiger partial charge in [-0.05, 0) is 35.9 Å². The van der Waals surface area contributed by atoms with Gasteiger partial charge >= 0.3 is 0 Å². The maximum absolute atomic E-state index is 9.15. The van der Waals surface area contributed by atoms with Crippen LogP contribution in [0.4, 0.5) is 5.69 Å². The first-order chi connectivity index (χ1) is 11.2. The quantitative estimate of drug-likeness (QED) is 0.628. The molecule has 0 amide bonds. The normalized spacial score (nSPS) is 11.0. The highest BCUT2D eigenvalue weighted by atomic mass is 31.2. The Morgan fingerprint density at radius 1 is 1.09 bits per heavy atom. The third kappa shape index (κ3) is 3.77. The summed E-state index contributed by atoms with van der Waals surface area (Å²) < 4.78 is 5.19. The number of nitrogens with zero attached hydrogens (tertiary/aromatic N) is 1. The molecule has 0 saturated carbocycles. The summed E-state index contributed by atoms with van der Waals surface area (Å²) in [6, 6.07) is 15.0. The van der Waals surface area contributed by atoms with E-state index in [0.717, 1.165) is 27.9 Å². The summed E-state index contributed by atoms with van der Waals surface area (Å²) in [4.78, 5) is 22.7. The predicted molar refractivity (Wildman–Crippen MR) is 93.1 cm³/mol. The van der Waals surface area contributed by atoms with Crippen LogP contribution in [-0.4, -0.2) is 21.9 Å². The molecule has 0 radical (unpaired) electrons. The lowest BCUT2D eigenvalue weighted by Gasteiger charge is -2.09. The summed E-state index contributed by atoms with van der Waals surface area (Å²) in [6.45, 7) is 0.637. The Kier molecular flexibility index (Phi) is 4.72. The van der Waals surface area contributed by atoms with E-state index in [-0.39, 0.29) is 0 Å². The molecular formula is C17H17N2O3P. The van der Waals surface area contributed by atoms with Gasteiger partial charge in [-0.2, -0.15) is 0 Å². The van der Waals surface area contributed by atoms with E-state index in [0.29, 0.717) is 11.8 Å². The number of ether oxygens (including phenoxy) is 1. The van der Waals surface area contributed by atoms with E-state index in [4.69, 9.17) is 14.5 Å². The zero-order chi connectivity index (χ0) is 16.2. The summed E-state index contributed by atoms with van der Waals surface area (Å²) >= 11 is 0. The molecular weight excluding hydrogens is 311 g/mol. The van der Waals surface area contributed by atoms with Gasteiger partial charge in [-0.1, -0.05) is 12.1 Å². The van der Waals surface area contributed by atoms with Crippen molar-refractivity contribution in [1.82, 2.24) is 4.98 Å². The second-order valence-corrected chi connectivity index (χ2v) is 6.19. The van der Waals surface area contributed by atoms with Crippen LogP contribution in [0.3, 0.4) is 0 Å². The molecule has 3 N–H and O–H groups in total. The summed E-state index contributed by atoms with van der Waals surface area (Å²) in [5.41, 5.74) is 2.87. The van der Waals surface area contributed by atoms with Crippen molar-refractivity contribution in [3.63, 3.8) is 0 Å². The molecule has 5 nitrogen and oxygen atoms in total. The Bertz CT molecular complexity index is 807. The Balaban J connectivity index is 1.71. The summed E-state index contributed by atoms with van der Waals surface area (Å²) in [6.07, 6.45) is 1.79. The van der Waals surface area contributed by atoms with Crippen molar-refractivity contribution in [2.75, 3.05) is 12.4 Å². The van der Waals surface area contributed by atoms with Gasteiger partial charge < -0.3 is 19.8 Å². The largest absolute Gasteiger partial charge is 0.497 e. The number of methoxy groups -OCH3 is 1. The average molecular weight is 328 g/mol. The monoisotopic (exact) mass is 328 g/mol. The van der Waals surface area contributed by atoms with Gasteiger partial charge in [0.15, 0.2) is 8.38 Å². The molecule has 0 aliphatic carbocycles. The molecule has 6 heteroatoms. The number of aromatic nitrogens is 1. The Morgan fingerprint density at radius 2 is 1.87 bits per heavy atom. The molecule has 0 bridgehead atoms. The van der Waals surface area contributed by atoms with Crippen molar-refractivity contribution < 1.29 is 14.5 Å². The number of benzene rings is 2. The van der Waals surface area contributed by atoms with E-state index in [1.54, 1.807) is 25.4 Å². The van der Waals surface area contributed by atoms with E-state index in [2.05, 4.69) is 10.3 Å². The maximum Gasteiger partial charge on any atom is 0.199 e. The molecule has 0 fully saturated rings. The molecule has 0 atom stereocenters. The average Bonchev–Trinajstić information content (AvgIpc) is 2.59. The molecule has 3 aromatic rings. The van der Waals surface area contributed by atoms with Crippen molar-refractivity contribution in [2.24, 2.45) is 0 Å². The highest BCUT2D eigenvalue weighted by Crippen LogP contribution is 2.23. The molecule has 118 valence electrons.